The summed E-state index contributed by atoms with van der Waals surface area (Å²) in [5.41, 5.74) is -0.597. The van der Waals surface area contributed by atoms with Gasteiger partial charge in [0.1, 0.15) is 0 Å². The lowest BCUT2D eigenvalue weighted by Crippen LogP contribution is -2.49. The van der Waals surface area contributed by atoms with E-state index in [1.54, 1.807) is 0 Å². The fourth-order valence-corrected chi connectivity index (χ4v) is 3.83. The average Bonchev–Trinajstić information content (AvgIpc) is 2.62. The average molecular weight is 369 g/mol. The third-order valence-corrected chi connectivity index (χ3v) is 5.45. The van der Waals surface area contributed by atoms with Crippen LogP contribution in [0, 0.1) is 0 Å². The molecule has 1 saturated heterocycles. The molecule has 1 saturated carbocycles. The van der Waals surface area contributed by atoms with Crippen molar-refractivity contribution < 1.29 is 9.84 Å². The number of likely N-dealkylation sites (tertiary alicyclic amines) is 1. The van der Waals surface area contributed by atoms with Crippen molar-refractivity contribution in [2.24, 2.45) is 4.99 Å². The summed E-state index contributed by atoms with van der Waals surface area (Å²) in [5, 5.41) is 17.6. The lowest BCUT2D eigenvalue weighted by atomic mass is 9.85. The van der Waals surface area contributed by atoms with E-state index in [4.69, 9.17) is 9.73 Å². The van der Waals surface area contributed by atoms with Gasteiger partial charge in [-0.3, -0.25) is 4.99 Å². The second-order valence-electron chi connectivity index (χ2n) is 8.16. The number of nitrogens with zero attached hydrogens (tertiary/aromatic N) is 2. The maximum absolute atomic E-state index is 10.7. The molecule has 3 N–H and O–H groups in total. The second-order valence-corrected chi connectivity index (χ2v) is 8.16. The number of guanidine groups is 1. The summed E-state index contributed by atoms with van der Waals surface area (Å²) in [7, 11) is 0. The quantitative estimate of drug-likeness (QED) is 0.452. The van der Waals surface area contributed by atoms with Gasteiger partial charge in [0.15, 0.2) is 5.96 Å². The fourth-order valence-electron chi connectivity index (χ4n) is 3.83. The lowest BCUT2D eigenvalue weighted by Gasteiger charge is -2.34. The second kappa shape index (κ2) is 11.1. The molecule has 0 amide bonds. The zero-order chi connectivity index (χ0) is 18.8. The molecule has 0 radical (unpaired) electrons. The molecule has 0 aromatic rings. The molecule has 0 atom stereocenters. The summed E-state index contributed by atoms with van der Waals surface area (Å²) in [6.45, 7) is 11.6. The van der Waals surface area contributed by atoms with E-state index in [0.29, 0.717) is 18.7 Å². The van der Waals surface area contributed by atoms with E-state index in [1.807, 2.05) is 0 Å². The normalized spacial score (nSPS) is 22.6. The molecule has 2 rings (SSSR count). The number of rotatable bonds is 8. The summed E-state index contributed by atoms with van der Waals surface area (Å²) in [4.78, 5) is 7.18. The molecule has 1 aliphatic carbocycles. The van der Waals surface area contributed by atoms with Crippen molar-refractivity contribution in [2.75, 3.05) is 39.3 Å². The Bertz CT molecular complexity index is 414. The Morgan fingerprint density at radius 3 is 2.54 bits per heavy atom. The van der Waals surface area contributed by atoms with Gasteiger partial charge in [-0.05, 0) is 46.5 Å². The van der Waals surface area contributed by atoms with E-state index >= 15 is 0 Å². The van der Waals surface area contributed by atoms with Crippen molar-refractivity contribution in [1.82, 2.24) is 15.5 Å². The predicted octanol–water partition coefficient (Wildman–Crippen LogP) is 2.13. The molecular formula is C20H40N4O2. The van der Waals surface area contributed by atoms with Crippen LogP contribution in [0.1, 0.15) is 65.7 Å². The van der Waals surface area contributed by atoms with Crippen LogP contribution in [0.3, 0.4) is 0 Å². The molecule has 0 aromatic carbocycles. The first-order chi connectivity index (χ1) is 12.5. The van der Waals surface area contributed by atoms with Crippen molar-refractivity contribution in [2.45, 2.75) is 83.5 Å². The van der Waals surface area contributed by atoms with Crippen LogP contribution in [0.4, 0.5) is 0 Å². The monoisotopic (exact) mass is 368 g/mol. The number of hydrogen-bond acceptors (Lipinski definition) is 4. The van der Waals surface area contributed by atoms with Gasteiger partial charge < -0.3 is 25.4 Å². The topological polar surface area (TPSA) is 69.1 Å². The molecule has 0 unspecified atom stereocenters. The summed E-state index contributed by atoms with van der Waals surface area (Å²) in [5.74, 6) is 0.855. The Balaban J connectivity index is 1.74. The molecule has 0 bridgehead atoms. The first-order valence-corrected chi connectivity index (χ1v) is 10.6. The minimum absolute atomic E-state index is 0.312. The predicted molar refractivity (Wildman–Crippen MR) is 108 cm³/mol. The lowest BCUT2D eigenvalue weighted by molar-refractivity contribution is 0.0131. The van der Waals surface area contributed by atoms with E-state index in [1.165, 1.54) is 6.42 Å². The highest BCUT2D eigenvalue weighted by Gasteiger charge is 2.29. The number of ether oxygens (including phenoxy) is 1. The Morgan fingerprint density at radius 1 is 1.23 bits per heavy atom. The first kappa shape index (κ1) is 21.5. The molecule has 0 aromatic heterocycles. The SMILES string of the molecule is CCNC(=NCC1(O)CCCCC1)NC1CCN(CCOC(C)C)CC1. The van der Waals surface area contributed by atoms with E-state index < -0.39 is 5.60 Å². The van der Waals surface area contributed by atoms with Gasteiger partial charge in [0.2, 0.25) is 0 Å². The van der Waals surface area contributed by atoms with Crippen LogP contribution in [0.15, 0.2) is 4.99 Å². The maximum atomic E-state index is 10.7. The van der Waals surface area contributed by atoms with E-state index in [2.05, 4.69) is 36.3 Å². The number of aliphatic hydroxyl groups is 1. The third kappa shape index (κ3) is 7.80. The largest absolute Gasteiger partial charge is 0.388 e. The fraction of sp³-hybridized carbons (Fsp3) is 0.950. The van der Waals surface area contributed by atoms with Crippen LogP contribution in [-0.2, 0) is 4.74 Å². The minimum atomic E-state index is -0.597. The smallest absolute Gasteiger partial charge is 0.191 e. The molecule has 26 heavy (non-hydrogen) atoms. The third-order valence-electron chi connectivity index (χ3n) is 5.45. The van der Waals surface area contributed by atoms with Gasteiger partial charge in [-0.25, -0.2) is 0 Å². The molecule has 2 aliphatic rings. The van der Waals surface area contributed by atoms with Gasteiger partial charge in [0.05, 0.1) is 24.9 Å². The maximum Gasteiger partial charge on any atom is 0.191 e. The Labute approximate surface area is 159 Å². The highest BCUT2D eigenvalue weighted by atomic mass is 16.5. The first-order valence-electron chi connectivity index (χ1n) is 10.6. The number of nitrogens with one attached hydrogen (secondary N) is 2. The highest BCUT2D eigenvalue weighted by Crippen LogP contribution is 2.28. The van der Waals surface area contributed by atoms with Crippen LogP contribution < -0.4 is 10.6 Å². The molecule has 0 spiro atoms. The number of aliphatic imine (C=N–C) groups is 1. The van der Waals surface area contributed by atoms with Crippen molar-refractivity contribution in [3.63, 3.8) is 0 Å². The van der Waals surface area contributed by atoms with Gasteiger partial charge in [-0.1, -0.05) is 19.3 Å². The van der Waals surface area contributed by atoms with Crippen molar-refractivity contribution in [3.8, 4) is 0 Å². The Morgan fingerprint density at radius 2 is 1.92 bits per heavy atom. The van der Waals surface area contributed by atoms with E-state index in [-0.39, 0.29) is 0 Å². The van der Waals surface area contributed by atoms with E-state index in [0.717, 1.165) is 77.3 Å². The van der Waals surface area contributed by atoms with Crippen molar-refractivity contribution in [1.29, 1.82) is 0 Å². The molecule has 1 heterocycles. The van der Waals surface area contributed by atoms with Gasteiger partial charge in [-0.2, -0.15) is 0 Å². The van der Waals surface area contributed by atoms with Crippen LogP contribution in [0.5, 0.6) is 0 Å². The Kier molecular flexibility index (Phi) is 9.16. The summed E-state index contributed by atoms with van der Waals surface area (Å²) < 4.78 is 5.66. The highest BCUT2D eigenvalue weighted by molar-refractivity contribution is 5.80. The summed E-state index contributed by atoms with van der Waals surface area (Å²) >= 11 is 0. The summed E-state index contributed by atoms with van der Waals surface area (Å²) in [6.07, 6.45) is 7.80. The van der Waals surface area contributed by atoms with Gasteiger partial charge in [0.25, 0.3) is 0 Å². The van der Waals surface area contributed by atoms with Gasteiger partial charge >= 0.3 is 0 Å². The van der Waals surface area contributed by atoms with E-state index in [9.17, 15) is 5.11 Å². The molecule has 1 aliphatic heterocycles. The van der Waals surface area contributed by atoms with Crippen LogP contribution >= 0.6 is 0 Å². The van der Waals surface area contributed by atoms with Crippen LogP contribution in [0.2, 0.25) is 0 Å². The minimum Gasteiger partial charge on any atom is -0.388 e. The van der Waals surface area contributed by atoms with Crippen molar-refractivity contribution in [3.05, 3.63) is 0 Å². The van der Waals surface area contributed by atoms with Gasteiger partial charge in [0, 0.05) is 32.2 Å². The molecule has 2 fully saturated rings. The molecule has 152 valence electrons. The Hall–Kier alpha value is -0.850. The van der Waals surface area contributed by atoms with Gasteiger partial charge in [-0.15, -0.1) is 0 Å². The number of piperidine rings is 1. The van der Waals surface area contributed by atoms with Crippen LogP contribution in [-0.4, -0.2) is 73.0 Å². The zero-order valence-corrected chi connectivity index (χ0v) is 17.1. The number of hydrogen-bond donors (Lipinski definition) is 3. The summed E-state index contributed by atoms with van der Waals surface area (Å²) in [6, 6.07) is 0.455. The van der Waals surface area contributed by atoms with Crippen LogP contribution in [0.25, 0.3) is 0 Å². The zero-order valence-electron chi connectivity index (χ0n) is 17.1. The molecule has 6 nitrogen and oxygen atoms in total. The standard InChI is InChI=1S/C20H40N4O2/c1-4-21-19(22-16-20(25)10-6-5-7-11-20)23-18-8-12-24(13-9-18)14-15-26-17(2)3/h17-18,25H,4-16H2,1-3H3,(H2,21,22,23). The molecule has 6 heteroatoms. The van der Waals surface area contributed by atoms with Crippen molar-refractivity contribution >= 4 is 5.96 Å². The molecular weight excluding hydrogens is 328 g/mol.